The molecule has 0 aliphatic carbocycles. The number of esters is 1. The molecule has 0 saturated carbocycles. The van der Waals surface area contributed by atoms with Crippen molar-refractivity contribution in [3.63, 3.8) is 0 Å². The largest absolute Gasteiger partial charge is 0.480 e. The lowest BCUT2D eigenvalue weighted by molar-refractivity contribution is -0.144. The smallest absolute Gasteiger partial charge is 0.323 e. The Labute approximate surface area is 267 Å². The number of rotatable bonds is 11. The molecule has 0 aliphatic heterocycles. The van der Waals surface area contributed by atoms with E-state index in [-0.39, 0.29) is 18.1 Å². The summed E-state index contributed by atoms with van der Waals surface area (Å²) >= 11 is 0. The number of aliphatic carboxylic acids is 1. The molecule has 7 nitrogen and oxygen atoms in total. The van der Waals surface area contributed by atoms with Gasteiger partial charge in [0, 0.05) is 40.3 Å². The van der Waals surface area contributed by atoms with Crippen molar-refractivity contribution >= 4 is 17.8 Å². The number of amides is 1. The van der Waals surface area contributed by atoms with Gasteiger partial charge in [-0.15, -0.1) is 17.8 Å². The number of methoxy groups -OCH3 is 1. The van der Waals surface area contributed by atoms with Crippen molar-refractivity contribution in [1.29, 1.82) is 0 Å². The van der Waals surface area contributed by atoms with E-state index in [1.165, 1.54) is 19.2 Å². The Hall–Kier alpha value is -5.29. The van der Waals surface area contributed by atoms with Gasteiger partial charge in [0.1, 0.15) is 6.50 Å². The van der Waals surface area contributed by atoms with Crippen molar-refractivity contribution in [3.8, 4) is 35.5 Å². The maximum atomic E-state index is 13.2. The highest BCUT2D eigenvalue weighted by atomic mass is 16.5. The molecule has 3 rings (SSSR count). The van der Waals surface area contributed by atoms with Crippen molar-refractivity contribution in [2.45, 2.75) is 46.6 Å². The number of carboxylic acid groups (broad SMARTS) is 1. The first-order valence-electron chi connectivity index (χ1n) is 16.1. The van der Waals surface area contributed by atoms with Crippen LogP contribution in [0.2, 0.25) is 0 Å². The second kappa shape index (κ2) is 19.8. The average Bonchev–Trinajstić information content (AvgIpc) is 3.08. The summed E-state index contributed by atoms with van der Waals surface area (Å²) in [5.74, 6) is 13.3. The average molecular weight is 596 g/mol. The van der Waals surface area contributed by atoms with Crippen LogP contribution in [0.15, 0.2) is 72.8 Å². The number of hydrogen-bond acceptors (Lipinski definition) is 5. The molecule has 0 aromatic heterocycles. The molecule has 0 spiro atoms. The topological polar surface area (TPSA) is 95.9 Å². The maximum absolute atomic E-state index is 13.2. The highest BCUT2D eigenvalue weighted by Gasteiger charge is 2.17. The minimum absolute atomic E-state index is 0.174. The fourth-order valence-corrected chi connectivity index (χ4v) is 3.56. The molecule has 44 heavy (non-hydrogen) atoms. The summed E-state index contributed by atoms with van der Waals surface area (Å²) in [4.78, 5) is 35.9. The Morgan fingerprint density at radius 2 is 1.23 bits per heavy atom. The monoisotopic (exact) mass is 595 g/mol. The third-order valence-corrected chi connectivity index (χ3v) is 5.63. The van der Waals surface area contributed by atoms with E-state index < -0.39 is 37.7 Å². The number of ether oxygens (including phenoxy) is 1. The van der Waals surface area contributed by atoms with Crippen LogP contribution in [0.1, 0.15) is 67.4 Å². The first-order valence-corrected chi connectivity index (χ1v) is 13.5. The predicted octanol–water partition coefficient (Wildman–Crippen LogP) is 4.80. The normalized spacial score (nSPS) is 12.4. The standard InChI is InChI=1S/C24H23NO3.C13H15NO2/c1-3-5-19-7-9-21(10-8-19)15-16-23(26)25(18-24(27)28)17-22-13-11-20(6-4-2)12-14-22;1-3-4-11-5-7-12(8-6-11)9-14-10-13(15)16-2/h7-14H,15-18H2,1-2H3,(H,27,28);5-8,14H,9-10H2,1-2H3/i15D,16D2,18D2;. The summed E-state index contributed by atoms with van der Waals surface area (Å²) in [6.45, 7) is 2.31. The van der Waals surface area contributed by atoms with Gasteiger partial charge < -0.3 is 20.1 Å². The Balaban J connectivity index is 0.000000435. The zero-order valence-electron chi connectivity index (χ0n) is 30.2. The molecule has 1 amide bonds. The van der Waals surface area contributed by atoms with E-state index in [2.05, 4.69) is 45.6 Å². The number of carbonyl (C=O) groups is 3. The van der Waals surface area contributed by atoms with E-state index in [4.69, 9.17) is 6.85 Å². The van der Waals surface area contributed by atoms with Crippen LogP contribution in [0.25, 0.3) is 0 Å². The molecule has 7 heteroatoms. The Kier molecular flexibility index (Phi) is 12.4. The van der Waals surface area contributed by atoms with Crippen molar-refractivity contribution < 1.29 is 31.1 Å². The van der Waals surface area contributed by atoms with Crippen LogP contribution in [0.4, 0.5) is 0 Å². The molecular formula is C37H38N2O5. The van der Waals surface area contributed by atoms with Crippen LogP contribution in [0.5, 0.6) is 0 Å². The molecule has 1 unspecified atom stereocenters. The molecule has 0 radical (unpaired) electrons. The van der Waals surface area contributed by atoms with E-state index in [1.807, 2.05) is 31.2 Å². The number of hydrogen-bond donors (Lipinski definition) is 2. The van der Waals surface area contributed by atoms with Crippen LogP contribution in [0, 0.1) is 35.5 Å². The van der Waals surface area contributed by atoms with E-state index in [9.17, 15) is 19.5 Å². The van der Waals surface area contributed by atoms with Gasteiger partial charge in [0.25, 0.3) is 0 Å². The van der Waals surface area contributed by atoms with Gasteiger partial charge in [0.2, 0.25) is 5.91 Å². The molecule has 2 N–H and O–H groups in total. The molecule has 1 atom stereocenters. The summed E-state index contributed by atoms with van der Waals surface area (Å²) in [5.41, 5.74) is 4.01. The predicted molar refractivity (Wildman–Crippen MR) is 172 cm³/mol. The molecule has 0 saturated heterocycles. The highest BCUT2D eigenvalue weighted by Crippen LogP contribution is 2.11. The third kappa shape index (κ3) is 13.6. The minimum atomic E-state index is -3.20. The molecule has 3 aromatic carbocycles. The number of aryl methyl sites for hydroxylation is 1. The summed E-state index contributed by atoms with van der Waals surface area (Å²) in [7, 11) is 1.38. The van der Waals surface area contributed by atoms with E-state index >= 15 is 0 Å². The second-order valence-corrected chi connectivity index (χ2v) is 8.92. The third-order valence-electron chi connectivity index (χ3n) is 5.63. The van der Waals surface area contributed by atoms with E-state index in [1.54, 1.807) is 50.2 Å². The number of carboxylic acids is 1. The number of benzene rings is 3. The molecular weight excluding hydrogens is 552 g/mol. The summed E-state index contributed by atoms with van der Waals surface area (Å²) in [5, 5.41) is 12.4. The lowest BCUT2D eigenvalue weighted by Crippen LogP contribution is -2.35. The summed E-state index contributed by atoms with van der Waals surface area (Å²) in [6, 6.07) is 20.4. The van der Waals surface area contributed by atoms with Crippen molar-refractivity contribution in [3.05, 3.63) is 106 Å². The highest BCUT2D eigenvalue weighted by molar-refractivity contribution is 5.81. The quantitative estimate of drug-likeness (QED) is 0.244. The zero-order valence-corrected chi connectivity index (χ0v) is 25.2. The van der Waals surface area contributed by atoms with Crippen LogP contribution < -0.4 is 5.32 Å². The Bertz CT molecular complexity index is 1780. The molecule has 3 aromatic rings. The molecule has 0 aliphatic rings. The number of nitrogens with zero attached hydrogens (tertiary/aromatic N) is 1. The van der Waals surface area contributed by atoms with E-state index in [0.29, 0.717) is 28.1 Å². The van der Waals surface area contributed by atoms with Crippen LogP contribution in [-0.4, -0.2) is 48.0 Å². The minimum Gasteiger partial charge on any atom is -0.480 e. The van der Waals surface area contributed by atoms with Gasteiger partial charge in [-0.1, -0.05) is 54.2 Å². The Morgan fingerprint density at radius 1 is 0.773 bits per heavy atom. The lowest BCUT2D eigenvalue weighted by atomic mass is 10.1. The molecule has 0 bridgehead atoms. The van der Waals surface area contributed by atoms with Gasteiger partial charge in [-0.25, -0.2) is 0 Å². The first kappa shape index (κ1) is 27.5. The van der Waals surface area contributed by atoms with Crippen LogP contribution in [-0.2, 0) is 38.6 Å². The molecule has 0 fully saturated rings. The fourth-order valence-electron chi connectivity index (χ4n) is 3.56. The summed E-state index contributed by atoms with van der Waals surface area (Å²) in [6.07, 6.45) is -4.63. The van der Waals surface area contributed by atoms with Gasteiger partial charge in [-0.05, 0) is 80.3 Å². The SMILES string of the molecule is CC#Cc1ccc(CNCC(=O)OC)cc1.[2H]C(c1ccc(C#CC)cc1)C([2H])([2H])C(=O)N(Cc1ccc(C#CC)cc1)C([2H])([2H])C(=O)O. The molecule has 226 valence electrons. The van der Waals surface area contributed by atoms with Gasteiger partial charge >= 0.3 is 11.9 Å². The van der Waals surface area contributed by atoms with Crippen molar-refractivity contribution in [2.75, 3.05) is 20.2 Å². The lowest BCUT2D eigenvalue weighted by Gasteiger charge is -2.21. The van der Waals surface area contributed by atoms with Crippen LogP contribution >= 0.6 is 0 Å². The Morgan fingerprint density at radius 3 is 1.66 bits per heavy atom. The van der Waals surface area contributed by atoms with Gasteiger partial charge in [-0.2, -0.15) is 0 Å². The zero-order chi connectivity index (χ0) is 36.6. The van der Waals surface area contributed by atoms with Gasteiger partial charge in [0.05, 0.1) is 16.4 Å². The summed E-state index contributed by atoms with van der Waals surface area (Å²) < 4.78 is 45.3. The van der Waals surface area contributed by atoms with Gasteiger partial charge in [0.15, 0.2) is 0 Å². The molecule has 0 heterocycles. The number of carbonyl (C=O) groups excluding carboxylic acids is 2. The van der Waals surface area contributed by atoms with Crippen molar-refractivity contribution in [2.24, 2.45) is 0 Å². The fraction of sp³-hybridized carbons (Fsp3) is 0.270. The number of nitrogens with one attached hydrogen (secondary N) is 1. The first-order chi connectivity index (χ1) is 23.2. The van der Waals surface area contributed by atoms with E-state index in [0.717, 1.165) is 11.1 Å². The maximum Gasteiger partial charge on any atom is 0.323 e. The van der Waals surface area contributed by atoms with Crippen molar-refractivity contribution in [1.82, 2.24) is 10.2 Å². The van der Waals surface area contributed by atoms with Crippen LogP contribution in [0.3, 0.4) is 0 Å². The second-order valence-electron chi connectivity index (χ2n) is 8.92. The van der Waals surface area contributed by atoms with Gasteiger partial charge in [-0.3, -0.25) is 14.4 Å².